The van der Waals surface area contributed by atoms with Gasteiger partial charge < -0.3 is 15.1 Å². The van der Waals surface area contributed by atoms with Crippen molar-refractivity contribution in [1.29, 1.82) is 0 Å². The van der Waals surface area contributed by atoms with Crippen molar-refractivity contribution in [2.75, 3.05) is 10.6 Å². The Kier molecular flexibility index (Phi) is 7.57. The number of hydrogen-bond donors (Lipinski definition) is 2. The van der Waals surface area contributed by atoms with Crippen LogP contribution in [0.3, 0.4) is 0 Å². The van der Waals surface area contributed by atoms with Crippen LogP contribution in [0.1, 0.15) is 32.2 Å². The summed E-state index contributed by atoms with van der Waals surface area (Å²) in [5.74, 6) is -2.06. The quantitative estimate of drug-likeness (QED) is 0.211. The number of hydrogen-bond acceptors (Lipinski definition) is 7. The molecule has 12 heteroatoms. The largest absolute Gasteiger partial charge is 0.449 e. The van der Waals surface area contributed by atoms with Crippen LogP contribution in [-0.4, -0.2) is 30.2 Å². The number of furan rings is 1. The number of aryl methyl sites for hydroxylation is 1. The van der Waals surface area contributed by atoms with Crippen LogP contribution in [0.15, 0.2) is 88.6 Å². The molecule has 3 aromatic carbocycles. The number of sulfone groups is 1. The molecule has 0 saturated carbocycles. The number of para-hydroxylation sites is 1. The number of nitrogens with one attached hydrogen (secondary N) is 2. The third kappa shape index (κ3) is 5.84. The predicted octanol–water partition coefficient (Wildman–Crippen LogP) is 6.32. The zero-order chi connectivity index (χ0) is 28.4. The van der Waals surface area contributed by atoms with Gasteiger partial charge in [-0.1, -0.05) is 71.2 Å². The van der Waals surface area contributed by atoms with E-state index in [4.69, 9.17) is 27.6 Å². The number of halogens is 2. The Morgan fingerprint density at radius 3 is 2.48 bits per heavy atom. The van der Waals surface area contributed by atoms with E-state index in [1.807, 2.05) is 13.0 Å². The van der Waals surface area contributed by atoms with E-state index < -0.39 is 26.8 Å². The van der Waals surface area contributed by atoms with Gasteiger partial charge in [-0.2, -0.15) is 0 Å². The minimum atomic E-state index is -4.01. The van der Waals surface area contributed by atoms with Gasteiger partial charge in [-0.25, -0.2) is 18.4 Å². The van der Waals surface area contributed by atoms with Crippen LogP contribution in [0.5, 0.6) is 0 Å². The van der Waals surface area contributed by atoms with Gasteiger partial charge >= 0.3 is 0 Å². The monoisotopic (exact) mass is 594 g/mol. The molecule has 0 atom stereocenters. The maximum Gasteiger partial charge on any atom is 0.293 e. The minimum absolute atomic E-state index is 0.0546. The van der Waals surface area contributed by atoms with Crippen molar-refractivity contribution in [2.45, 2.75) is 17.8 Å². The van der Waals surface area contributed by atoms with Crippen LogP contribution >= 0.6 is 23.2 Å². The van der Waals surface area contributed by atoms with Gasteiger partial charge in [0.25, 0.3) is 11.8 Å². The van der Waals surface area contributed by atoms with Crippen LogP contribution in [0.25, 0.3) is 11.0 Å². The Labute approximate surface area is 239 Å². The molecule has 202 valence electrons. The third-order valence-corrected chi connectivity index (χ3v) is 7.76. The number of rotatable bonds is 7. The van der Waals surface area contributed by atoms with Crippen molar-refractivity contribution in [3.8, 4) is 0 Å². The van der Waals surface area contributed by atoms with Crippen molar-refractivity contribution in [2.24, 2.45) is 0 Å². The van der Waals surface area contributed by atoms with Gasteiger partial charge in [0.1, 0.15) is 11.3 Å². The molecule has 5 aromatic rings. The van der Waals surface area contributed by atoms with E-state index in [-0.39, 0.29) is 27.9 Å². The second-order valence-corrected chi connectivity index (χ2v) is 11.5. The summed E-state index contributed by atoms with van der Waals surface area (Å²) in [6, 6.07) is 20.2. The fourth-order valence-corrected chi connectivity index (χ4v) is 5.56. The van der Waals surface area contributed by atoms with Gasteiger partial charge in [0.2, 0.25) is 20.8 Å². The fourth-order valence-electron chi connectivity index (χ4n) is 4.00. The molecule has 0 aliphatic carbocycles. The maximum absolute atomic E-state index is 13.4. The first-order valence-corrected chi connectivity index (χ1v) is 14.2. The number of benzene rings is 3. The van der Waals surface area contributed by atoms with E-state index in [9.17, 15) is 18.0 Å². The van der Waals surface area contributed by atoms with Crippen LogP contribution < -0.4 is 10.6 Å². The lowest BCUT2D eigenvalue weighted by atomic mass is 10.2. The molecule has 2 heterocycles. The Bertz CT molecular complexity index is 1890. The number of carbonyl (C=O) groups excluding carboxylic acids is 2. The summed E-state index contributed by atoms with van der Waals surface area (Å²) in [5, 5.41) is 5.42. The maximum atomic E-state index is 13.4. The molecule has 0 saturated heterocycles. The van der Waals surface area contributed by atoms with Crippen molar-refractivity contribution < 1.29 is 22.4 Å². The number of fused-ring (bicyclic) bond motifs is 1. The number of amides is 2. The number of aromatic nitrogens is 2. The van der Waals surface area contributed by atoms with Gasteiger partial charge in [-0.05, 0) is 42.8 Å². The number of carbonyl (C=O) groups is 2. The molecule has 2 N–H and O–H groups in total. The molecule has 0 unspecified atom stereocenters. The molecule has 0 spiro atoms. The first-order chi connectivity index (χ1) is 19.1. The molecule has 0 aliphatic rings. The van der Waals surface area contributed by atoms with E-state index in [0.29, 0.717) is 27.2 Å². The Morgan fingerprint density at radius 1 is 0.925 bits per heavy atom. The Balaban J connectivity index is 1.47. The minimum Gasteiger partial charge on any atom is -0.449 e. The summed E-state index contributed by atoms with van der Waals surface area (Å²) in [7, 11) is -4.01. The van der Waals surface area contributed by atoms with Gasteiger partial charge in [-0.15, -0.1) is 0 Å². The van der Waals surface area contributed by atoms with E-state index in [1.165, 1.54) is 0 Å². The highest BCUT2D eigenvalue weighted by molar-refractivity contribution is 7.90. The van der Waals surface area contributed by atoms with Crippen molar-refractivity contribution in [3.05, 3.63) is 112 Å². The molecule has 0 radical (unpaired) electrons. The van der Waals surface area contributed by atoms with E-state index >= 15 is 0 Å². The Hall–Kier alpha value is -4.25. The molecular weight excluding hydrogens is 575 g/mol. The highest BCUT2D eigenvalue weighted by Crippen LogP contribution is 2.32. The molecule has 2 amide bonds. The van der Waals surface area contributed by atoms with Crippen molar-refractivity contribution >= 4 is 67.2 Å². The van der Waals surface area contributed by atoms with E-state index in [1.54, 1.807) is 66.7 Å². The SMILES string of the molecule is Cc1cccc(CS(=O)(=O)c2ncc(Cl)c(C(=O)Nc3c(C(=O)Nc4cccc(Cl)c4)oc4ccccc34)n2)c1. The summed E-state index contributed by atoms with van der Waals surface area (Å²) in [5.41, 5.74) is 1.86. The number of nitrogens with zero attached hydrogens (tertiary/aromatic N) is 2. The molecule has 0 bridgehead atoms. The van der Waals surface area contributed by atoms with Crippen molar-refractivity contribution in [1.82, 2.24) is 9.97 Å². The van der Waals surface area contributed by atoms with Gasteiger partial charge in [0.15, 0.2) is 5.69 Å². The Morgan fingerprint density at radius 2 is 1.70 bits per heavy atom. The molecular formula is C28H20Cl2N4O5S. The smallest absolute Gasteiger partial charge is 0.293 e. The average molecular weight is 595 g/mol. The highest BCUT2D eigenvalue weighted by Gasteiger charge is 2.27. The second kappa shape index (κ2) is 11.1. The molecule has 0 fully saturated rings. The molecule has 5 rings (SSSR count). The first-order valence-electron chi connectivity index (χ1n) is 11.8. The summed E-state index contributed by atoms with van der Waals surface area (Å²) in [4.78, 5) is 34.4. The number of anilines is 2. The molecule has 0 aliphatic heterocycles. The summed E-state index contributed by atoms with van der Waals surface area (Å²) >= 11 is 12.2. The highest BCUT2D eigenvalue weighted by atomic mass is 35.5. The standard InChI is InChI=1S/C28H20Cl2N4O5S/c1-16-6-4-7-17(12-16)15-40(37,38)28-31-14-21(30)24(34-28)26(35)33-23-20-10-2-3-11-22(20)39-25(23)27(36)32-19-9-5-8-18(29)13-19/h2-14H,15H2,1H3,(H,32,36)(H,33,35). The van der Waals surface area contributed by atoms with Gasteiger partial charge in [0.05, 0.1) is 17.0 Å². The zero-order valence-corrected chi connectivity index (χ0v) is 23.1. The van der Waals surface area contributed by atoms with Gasteiger partial charge in [0, 0.05) is 16.1 Å². The van der Waals surface area contributed by atoms with E-state index in [2.05, 4.69) is 20.6 Å². The summed E-state index contributed by atoms with van der Waals surface area (Å²) < 4.78 is 31.9. The second-order valence-electron chi connectivity index (χ2n) is 8.82. The van der Waals surface area contributed by atoms with Crippen LogP contribution in [-0.2, 0) is 15.6 Å². The fraction of sp³-hybridized carbons (Fsp3) is 0.0714. The van der Waals surface area contributed by atoms with Crippen LogP contribution in [0.4, 0.5) is 11.4 Å². The van der Waals surface area contributed by atoms with Crippen molar-refractivity contribution in [3.63, 3.8) is 0 Å². The lowest BCUT2D eigenvalue weighted by Crippen LogP contribution is -2.20. The molecule has 40 heavy (non-hydrogen) atoms. The zero-order valence-electron chi connectivity index (χ0n) is 20.8. The molecule has 2 aromatic heterocycles. The lowest BCUT2D eigenvalue weighted by Gasteiger charge is -2.09. The molecule has 9 nitrogen and oxygen atoms in total. The van der Waals surface area contributed by atoms with Crippen LogP contribution in [0.2, 0.25) is 10.0 Å². The lowest BCUT2D eigenvalue weighted by molar-refractivity contribution is 0.0999. The predicted molar refractivity (Wildman–Crippen MR) is 153 cm³/mol. The summed E-state index contributed by atoms with van der Waals surface area (Å²) in [6.45, 7) is 1.85. The average Bonchev–Trinajstić information content (AvgIpc) is 3.27. The van der Waals surface area contributed by atoms with Crippen LogP contribution in [0, 0.1) is 6.92 Å². The normalized spacial score (nSPS) is 11.4. The van der Waals surface area contributed by atoms with E-state index in [0.717, 1.165) is 11.8 Å². The summed E-state index contributed by atoms with van der Waals surface area (Å²) in [6.07, 6.45) is 1.05. The first kappa shape index (κ1) is 27.3. The third-order valence-electron chi connectivity index (χ3n) is 5.78. The van der Waals surface area contributed by atoms with Gasteiger partial charge in [-0.3, -0.25) is 9.59 Å². The topological polar surface area (TPSA) is 131 Å².